The lowest BCUT2D eigenvalue weighted by Gasteiger charge is -2.08. The van der Waals surface area contributed by atoms with Gasteiger partial charge in [0.15, 0.2) is 0 Å². The van der Waals surface area contributed by atoms with Crippen molar-refractivity contribution in [3.63, 3.8) is 0 Å². The Morgan fingerprint density at radius 1 is 1.47 bits per heavy atom. The summed E-state index contributed by atoms with van der Waals surface area (Å²) in [5.41, 5.74) is 1.96. The van der Waals surface area contributed by atoms with Crippen molar-refractivity contribution in [2.45, 2.75) is 32.6 Å². The van der Waals surface area contributed by atoms with Gasteiger partial charge in [0, 0.05) is 17.6 Å². The van der Waals surface area contributed by atoms with Crippen LogP contribution < -0.4 is 0 Å². The van der Waals surface area contributed by atoms with Crippen molar-refractivity contribution in [1.82, 2.24) is 4.98 Å². The molecule has 4 nitrogen and oxygen atoms in total. The zero-order valence-corrected chi connectivity index (χ0v) is 10.1. The molecule has 1 heterocycles. The monoisotopic (exact) mass is 232 g/mol. The van der Waals surface area contributed by atoms with E-state index in [0.29, 0.717) is 11.4 Å². The Labute approximate surface area is 99.8 Å². The number of benzene rings is 1. The molecule has 1 aromatic heterocycles. The molecule has 1 atom stereocenters. The highest BCUT2D eigenvalue weighted by molar-refractivity contribution is 5.90. The van der Waals surface area contributed by atoms with Crippen LogP contribution >= 0.6 is 0 Å². The quantitative estimate of drug-likeness (QED) is 0.640. The molecule has 0 fully saturated rings. The van der Waals surface area contributed by atoms with Crippen molar-refractivity contribution < 1.29 is 4.92 Å². The number of nitro groups is 1. The number of nitrogens with one attached hydrogen (secondary N) is 1. The summed E-state index contributed by atoms with van der Waals surface area (Å²) in [6.45, 7) is 4.30. The van der Waals surface area contributed by atoms with Gasteiger partial charge in [-0.1, -0.05) is 32.4 Å². The Morgan fingerprint density at radius 2 is 2.24 bits per heavy atom. The van der Waals surface area contributed by atoms with Gasteiger partial charge >= 0.3 is 0 Å². The van der Waals surface area contributed by atoms with Crippen molar-refractivity contribution in [3.8, 4) is 0 Å². The molecule has 0 saturated heterocycles. The van der Waals surface area contributed by atoms with E-state index in [9.17, 15) is 10.1 Å². The fraction of sp³-hybridized carbons (Fsp3) is 0.385. The highest BCUT2D eigenvalue weighted by Gasteiger charge is 2.17. The number of para-hydroxylation sites is 1. The first-order valence-corrected chi connectivity index (χ1v) is 5.89. The summed E-state index contributed by atoms with van der Waals surface area (Å²) in [4.78, 5) is 13.6. The summed E-state index contributed by atoms with van der Waals surface area (Å²) in [5, 5.41) is 11.9. The fourth-order valence-corrected chi connectivity index (χ4v) is 2.31. The van der Waals surface area contributed by atoms with Gasteiger partial charge in [-0.25, -0.2) is 0 Å². The summed E-state index contributed by atoms with van der Waals surface area (Å²) in [6.07, 6.45) is 4.11. The molecule has 2 aromatic rings. The van der Waals surface area contributed by atoms with E-state index in [0.717, 1.165) is 18.2 Å². The van der Waals surface area contributed by atoms with E-state index in [1.807, 2.05) is 12.3 Å². The Morgan fingerprint density at radius 3 is 2.88 bits per heavy atom. The zero-order valence-electron chi connectivity index (χ0n) is 10.1. The molecule has 0 aliphatic heterocycles. The third kappa shape index (κ3) is 2.02. The molecule has 90 valence electrons. The number of fused-ring (bicyclic) bond motifs is 1. The summed E-state index contributed by atoms with van der Waals surface area (Å²) in [7, 11) is 0. The topological polar surface area (TPSA) is 58.9 Å². The van der Waals surface area contributed by atoms with Crippen LogP contribution in [0.25, 0.3) is 10.9 Å². The second-order valence-electron chi connectivity index (χ2n) is 4.39. The van der Waals surface area contributed by atoms with Crippen LogP contribution in [0.1, 0.15) is 38.2 Å². The van der Waals surface area contributed by atoms with E-state index in [-0.39, 0.29) is 10.6 Å². The molecule has 1 N–H and O–H groups in total. The van der Waals surface area contributed by atoms with Crippen molar-refractivity contribution in [2.24, 2.45) is 0 Å². The Bertz CT molecular complexity index is 545. The van der Waals surface area contributed by atoms with Crippen LogP contribution in [0, 0.1) is 10.1 Å². The summed E-state index contributed by atoms with van der Waals surface area (Å²) in [6, 6.07) is 5.23. The van der Waals surface area contributed by atoms with E-state index in [2.05, 4.69) is 18.8 Å². The fourth-order valence-electron chi connectivity index (χ4n) is 2.31. The largest absolute Gasteiger partial charge is 0.355 e. The van der Waals surface area contributed by atoms with Crippen LogP contribution in [0.3, 0.4) is 0 Å². The van der Waals surface area contributed by atoms with Crippen molar-refractivity contribution in [2.75, 3.05) is 0 Å². The molecule has 0 aliphatic rings. The molecule has 0 aliphatic carbocycles. The Kier molecular flexibility index (Phi) is 3.13. The number of hydrogen-bond acceptors (Lipinski definition) is 2. The van der Waals surface area contributed by atoms with Crippen LogP contribution in [0.5, 0.6) is 0 Å². The number of aromatic nitrogens is 1. The first-order valence-electron chi connectivity index (χ1n) is 5.89. The molecule has 1 unspecified atom stereocenters. The van der Waals surface area contributed by atoms with Crippen LogP contribution in [-0.4, -0.2) is 9.91 Å². The van der Waals surface area contributed by atoms with Crippen molar-refractivity contribution >= 4 is 16.6 Å². The van der Waals surface area contributed by atoms with Crippen molar-refractivity contribution in [1.29, 1.82) is 0 Å². The maximum Gasteiger partial charge on any atom is 0.293 e. The zero-order chi connectivity index (χ0) is 12.4. The second-order valence-corrected chi connectivity index (χ2v) is 4.39. The predicted octanol–water partition coefficient (Wildman–Crippen LogP) is 3.98. The average molecular weight is 232 g/mol. The van der Waals surface area contributed by atoms with E-state index < -0.39 is 0 Å². The number of non-ortho nitro benzene ring substituents is 1. The Balaban J connectivity index is 2.54. The Hall–Kier alpha value is -1.84. The molecule has 2 rings (SSSR count). The standard InChI is InChI=1S/C13H16N2O2/c1-3-5-9(2)11-8-14-13-10(11)6-4-7-12(13)15(16)17/h4,6-9,14H,3,5H2,1-2H3. The van der Waals surface area contributed by atoms with E-state index in [4.69, 9.17) is 0 Å². The average Bonchev–Trinajstić information content (AvgIpc) is 2.72. The maximum absolute atomic E-state index is 10.9. The normalized spacial score (nSPS) is 12.8. The van der Waals surface area contributed by atoms with Crippen molar-refractivity contribution in [3.05, 3.63) is 40.1 Å². The maximum atomic E-state index is 10.9. The van der Waals surface area contributed by atoms with Crippen LogP contribution in [0.2, 0.25) is 0 Å². The van der Waals surface area contributed by atoms with E-state index in [1.165, 1.54) is 11.6 Å². The van der Waals surface area contributed by atoms with Gasteiger partial charge in [-0.3, -0.25) is 10.1 Å². The van der Waals surface area contributed by atoms with Gasteiger partial charge in [-0.05, 0) is 17.9 Å². The summed E-state index contributed by atoms with van der Waals surface area (Å²) < 4.78 is 0. The highest BCUT2D eigenvalue weighted by atomic mass is 16.6. The number of rotatable bonds is 4. The van der Waals surface area contributed by atoms with E-state index in [1.54, 1.807) is 6.07 Å². The predicted molar refractivity (Wildman–Crippen MR) is 68.3 cm³/mol. The van der Waals surface area contributed by atoms with Gasteiger partial charge in [0.1, 0.15) is 5.52 Å². The van der Waals surface area contributed by atoms with Crippen LogP contribution in [-0.2, 0) is 0 Å². The highest BCUT2D eigenvalue weighted by Crippen LogP contribution is 2.32. The second kappa shape index (κ2) is 4.57. The molecule has 0 bridgehead atoms. The van der Waals surface area contributed by atoms with Gasteiger partial charge in [0.2, 0.25) is 0 Å². The first kappa shape index (κ1) is 11.6. The van der Waals surface area contributed by atoms with E-state index >= 15 is 0 Å². The van der Waals surface area contributed by atoms with Crippen LogP contribution in [0.15, 0.2) is 24.4 Å². The molecular formula is C13H16N2O2. The lowest BCUT2D eigenvalue weighted by Crippen LogP contribution is -1.92. The molecule has 4 heteroatoms. The SMILES string of the molecule is CCCC(C)c1c[nH]c2c([N+](=O)[O-])cccc12. The summed E-state index contributed by atoms with van der Waals surface area (Å²) >= 11 is 0. The minimum Gasteiger partial charge on any atom is -0.355 e. The molecule has 0 spiro atoms. The third-order valence-corrected chi connectivity index (χ3v) is 3.17. The van der Waals surface area contributed by atoms with Crippen LogP contribution in [0.4, 0.5) is 5.69 Å². The molecule has 17 heavy (non-hydrogen) atoms. The lowest BCUT2D eigenvalue weighted by molar-refractivity contribution is -0.383. The number of aromatic amines is 1. The molecule has 0 saturated carbocycles. The first-order chi connectivity index (χ1) is 8.15. The molecule has 1 aromatic carbocycles. The summed E-state index contributed by atoms with van der Waals surface area (Å²) in [5.74, 6) is 0.427. The number of nitro benzene ring substituents is 1. The molecular weight excluding hydrogens is 216 g/mol. The number of nitrogens with zero attached hydrogens (tertiary/aromatic N) is 1. The lowest BCUT2D eigenvalue weighted by atomic mass is 9.96. The number of H-pyrrole nitrogens is 1. The molecule has 0 amide bonds. The van der Waals surface area contributed by atoms with Gasteiger partial charge in [-0.15, -0.1) is 0 Å². The van der Waals surface area contributed by atoms with Gasteiger partial charge in [0.25, 0.3) is 5.69 Å². The minimum absolute atomic E-state index is 0.150. The van der Waals surface area contributed by atoms with Gasteiger partial charge < -0.3 is 4.98 Å². The van der Waals surface area contributed by atoms with Gasteiger partial charge in [-0.2, -0.15) is 0 Å². The smallest absolute Gasteiger partial charge is 0.293 e. The minimum atomic E-state index is -0.340. The molecule has 0 radical (unpaired) electrons. The van der Waals surface area contributed by atoms with Gasteiger partial charge in [0.05, 0.1) is 4.92 Å². The third-order valence-electron chi connectivity index (χ3n) is 3.17. The number of hydrogen-bond donors (Lipinski definition) is 1.